The Morgan fingerprint density at radius 1 is 0.826 bits per heavy atom. The number of methoxy groups -OCH3 is 1. The maximum atomic E-state index is 14.6. The van der Waals surface area contributed by atoms with E-state index in [1.165, 1.54) is 36.4 Å². The third-order valence-electron chi connectivity index (χ3n) is 9.06. The van der Waals surface area contributed by atoms with Gasteiger partial charge in [0, 0.05) is 36.1 Å². The lowest BCUT2D eigenvalue weighted by Crippen LogP contribution is -2.52. The van der Waals surface area contributed by atoms with Crippen LogP contribution in [0.15, 0.2) is 125 Å². The molecule has 2 aliphatic rings. The summed E-state index contributed by atoms with van der Waals surface area (Å²) in [4.78, 5) is 17.1. The molecule has 11 heteroatoms. The fourth-order valence-corrected chi connectivity index (χ4v) is 11.4. The fourth-order valence-electron chi connectivity index (χ4n) is 6.92. The smallest absolute Gasteiger partial charge is 0.310 e. The lowest BCUT2D eigenvalue weighted by molar-refractivity contribution is -0.139. The van der Waals surface area contributed by atoms with Crippen molar-refractivity contribution in [1.82, 2.24) is 9.63 Å². The summed E-state index contributed by atoms with van der Waals surface area (Å²) < 4.78 is 64.9. The van der Waals surface area contributed by atoms with Crippen molar-refractivity contribution in [3.63, 3.8) is 0 Å². The number of rotatable bonds is 9. The van der Waals surface area contributed by atoms with E-state index in [1.807, 2.05) is 54.6 Å². The molecule has 9 nitrogen and oxygen atoms in total. The molecular weight excluding hydrogens is 625 g/mol. The predicted molar refractivity (Wildman–Crippen MR) is 172 cm³/mol. The molecule has 0 spiro atoms. The molecule has 0 aliphatic carbocycles. The molecule has 46 heavy (non-hydrogen) atoms. The molecule has 0 amide bonds. The molecule has 5 aromatic rings. The fraction of sp³-hybridized carbons (Fsp3) is 0.229. The molecular formula is C35H32N2O7S2. The van der Waals surface area contributed by atoms with E-state index in [1.54, 1.807) is 36.4 Å². The average Bonchev–Trinajstić information content (AvgIpc) is 3.76. The molecule has 2 fully saturated rings. The van der Waals surface area contributed by atoms with Crippen molar-refractivity contribution in [3.8, 4) is 0 Å². The summed E-state index contributed by atoms with van der Waals surface area (Å²) >= 11 is 0. The Labute approximate surface area is 267 Å². The van der Waals surface area contributed by atoms with Crippen LogP contribution in [0.25, 0.3) is 10.9 Å². The molecule has 0 N–H and O–H groups in total. The van der Waals surface area contributed by atoms with Crippen LogP contribution in [-0.4, -0.2) is 56.3 Å². The number of hydroxylamine groups is 2. The maximum absolute atomic E-state index is 14.6. The summed E-state index contributed by atoms with van der Waals surface area (Å²) in [5.74, 6) is -0.445. The maximum Gasteiger partial charge on any atom is 0.310 e. The molecule has 4 atom stereocenters. The van der Waals surface area contributed by atoms with E-state index in [2.05, 4.69) is 4.57 Å². The van der Waals surface area contributed by atoms with E-state index >= 15 is 0 Å². The molecule has 0 radical (unpaired) electrons. The number of hydrogen-bond acceptors (Lipinski definition) is 8. The lowest BCUT2D eigenvalue weighted by atomic mass is 9.95. The Balaban J connectivity index is 1.43. The largest absolute Gasteiger partial charge is 0.469 e. The van der Waals surface area contributed by atoms with E-state index in [0.717, 1.165) is 16.5 Å². The zero-order valence-electron chi connectivity index (χ0n) is 25.0. The van der Waals surface area contributed by atoms with Gasteiger partial charge in [-0.1, -0.05) is 84.9 Å². The van der Waals surface area contributed by atoms with Crippen LogP contribution in [0.5, 0.6) is 0 Å². The summed E-state index contributed by atoms with van der Waals surface area (Å²) in [7, 11) is -7.21. The number of nitrogens with zero attached hydrogens (tertiary/aromatic N) is 2. The minimum absolute atomic E-state index is 0.0228. The van der Waals surface area contributed by atoms with Crippen LogP contribution >= 0.6 is 0 Å². The number of hydrogen-bond donors (Lipinski definition) is 0. The highest BCUT2D eigenvalue weighted by Crippen LogP contribution is 2.56. The molecule has 0 saturated carbocycles. The topological polar surface area (TPSA) is 112 Å². The summed E-state index contributed by atoms with van der Waals surface area (Å²) in [5.41, 5.74) is 3.24. The van der Waals surface area contributed by atoms with Crippen LogP contribution < -0.4 is 0 Å². The summed E-state index contributed by atoms with van der Waals surface area (Å²) in [6.45, 7) is 0.255. The van der Waals surface area contributed by atoms with Gasteiger partial charge in [-0.15, -0.1) is 0 Å². The van der Waals surface area contributed by atoms with Crippen molar-refractivity contribution in [2.24, 2.45) is 0 Å². The van der Waals surface area contributed by atoms with Crippen LogP contribution in [0, 0.1) is 0 Å². The predicted octanol–water partition coefficient (Wildman–Crippen LogP) is 5.11. The normalized spacial score (nSPS) is 22.7. The van der Waals surface area contributed by atoms with Gasteiger partial charge in [0.1, 0.15) is 5.25 Å². The van der Waals surface area contributed by atoms with Crippen molar-refractivity contribution in [3.05, 3.63) is 132 Å². The van der Waals surface area contributed by atoms with Crippen molar-refractivity contribution in [1.29, 1.82) is 0 Å². The monoisotopic (exact) mass is 656 g/mol. The van der Waals surface area contributed by atoms with Gasteiger partial charge in [0.05, 0.1) is 29.4 Å². The van der Waals surface area contributed by atoms with Crippen LogP contribution in [0.3, 0.4) is 0 Å². The molecule has 2 aliphatic heterocycles. The van der Waals surface area contributed by atoms with Gasteiger partial charge in [0.15, 0.2) is 9.84 Å². The number of ether oxygens (including phenoxy) is 1. The highest BCUT2D eigenvalue weighted by atomic mass is 32.2. The SMILES string of the molecule is COC(=O)Cc1c(C2C[C@]3(S(=O)(=O)c4ccccc4)ON2C[C@@H]3S(=O)(=O)c2ccccc2)n(Cc2ccccc2)c2ccccc12. The first kappa shape index (κ1) is 30.4. The van der Waals surface area contributed by atoms with Gasteiger partial charge in [-0.25, -0.2) is 16.8 Å². The van der Waals surface area contributed by atoms with Gasteiger partial charge in [0.25, 0.3) is 0 Å². The average molecular weight is 657 g/mol. The zero-order chi connectivity index (χ0) is 32.1. The number of para-hydroxylation sites is 1. The minimum Gasteiger partial charge on any atom is -0.469 e. The molecule has 236 valence electrons. The standard InChI is InChI=1S/C35H32N2O7S2/c1-43-33(38)21-29-28-19-11-12-20-30(28)36(23-25-13-5-2-6-14-25)34(29)31-22-35(46(41,42)27-17-9-4-10-18-27)32(24-37(31)44-35)45(39,40)26-15-7-3-8-16-26/h2-20,31-32H,21-24H2,1H3/t31?,32-,35+/m0/s1. The third-order valence-corrected chi connectivity index (χ3v) is 13.7. The number of carbonyl (C=O) groups excluding carboxylic acids is 1. The number of fused-ring (bicyclic) bond motifs is 3. The summed E-state index contributed by atoms with van der Waals surface area (Å²) in [5, 5.41) is 0.929. The molecule has 4 aromatic carbocycles. The number of sulfone groups is 2. The minimum atomic E-state index is -4.38. The van der Waals surface area contributed by atoms with Crippen LogP contribution in [0.1, 0.15) is 29.3 Å². The first-order chi connectivity index (χ1) is 22.2. The Kier molecular flexibility index (Phi) is 7.59. The summed E-state index contributed by atoms with van der Waals surface area (Å²) in [6, 6.07) is 32.6. The lowest BCUT2D eigenvalue weighted by Gasteiger charge is -2.33. The highest BCUT2D eigenvalue weighted by molar-refractivity contribution is 7.96. The van der Waals surface area contributed by atoms with Crippen molar-refractivity contribution in [2.75, 3.05) is 13.7 Å². The Morgan fingerprint density at radius 2 is 1.41 bits per heavy atom. The second-order valence-electron chi connectivity index (χ2n) is 11.6. The highest BCUT2D eigenvalue weighted by Gasteiger charge is 2.70. The van der Waals surface area contributed by atoms with E-state index < -0.39 is 41.9 Å². The second kappa shape index (κ2) is 11.5. The number of esters is 1. The van der Waals surface area contributed by atoms with Gasteiger partial charge in [0.2, 0.25) is 14.8 Å². The number of aromatic nitrogens is 1. The molecule has 1 aromatic heterocycles. The molecule has 2 bridgehead atoms. The first-order valence-electron chi connectivity index (χ1n) is 14.9. The van der Waals surface area contributed by atoms with Crippen molar-refractivity contribution >= 4 is 36.5 Å². The van der Waals surface area contributed by atoms with E-state index in [4.69, 9.17) is 9.57 Å². The van der Waals surface area contributed by atoms with Gasteiger partial charge >= 0.3 is 5.97 Å². The van der Waals surface area contributed by atoms with Crippen LogP contribution in [-0.2, 0) is 47.0 Å². The van der Waals surface area contributed by atoms with Crippen molar-refractivity contribution < 1.29 is 31.2 Å². The first-order valence-corrected chi connectivity index (χ1v) is 18.0. The van der Waals surface area contributed by atoms with Gasteiger partial charge in [-0.2, -0.15) is 5.06 Å². The number of carbonyl (C=O) groups is 1. The van der Waals surface area contributed by atoms with Crippen LogP contribution in [0.2, 0.25) is 0 Å². The van der Waals surface area contributed by atoms with E-state index in [0.29, 0.717) is 17.8 Å². The van der Waals surface area contributed by atoms with Crippen LogP contribution in [0.4, 0.5) is 0 Å². The van der Waals surface area contributed by atoms with Gasteiger partial charge in [-0.05, 0) is 41.5 Å². The molecule has 7 rings (SSSR count). The third kappa shape index (κ3) is 4.77. The Bertz CT molecular complexity index is 2130. The van der Waals surface area contributed by atoms with E-state index in [-0.39, 0.29) is 29.2 Å². The quantitative estimate of drug-likeness (QED) is 0.201. The van der Waals surface area contributed by atoms with Gasteiger partial charge < -0.3 is 9.30 Å². The molecule has 2 saturated heterocycles. The molecule has 2 unspecified atom stereocenters. The van der Waals surface area contributed by atoms with E-state index in [9.17, 15) is 21.6 Å². The second-order valence-corrected chi connectivity index (χ2v) is 15.9. The zero-order valence-corrected chi connectivity index (χ0v) is 26.7. The summed E-state index contributed by atoms with van der Waals surface area (Å²) in [6.07, 6.45) is -0.219. The van der Waals surface area contributed by atoms with Crippen molar-refractivity contribution in [2.45, 2.75) is 45.4 Å². The number of piperidine rings is 1. The van der Waals surface area contributed by atoms with Gasteiger partial charge in [-0.3, -0.25) is 9.63 Å². The Morgan fingerprint density at radius 3 is 2.07 bits per heavy atom. The molecule has 3 heterocycles. The number of benzene rings is 4. The Hall–Kier alpha value is -4.29.